The van der Waals surface area contributed by atoms with E-state index in [1.807, 2.05) is 36.9 Å². The van der Waals surface area contributed by atoms with Gasteiger partial charge < -0.3 is 15.1 Å². The van der Waals surface area contributed by atoms with E-state index >= 15 is 0 Å². The van der Waals surface area contributed by atoms with Crippen LogP contribution in [0.4, 0.5) is 11.6 Å². The van der Waals surface area contributed by atoms with Crippen molar-refractivity contribution in [2.45, 2.75) is 26.7 Å². The highest BCUT2D eigenvalue weighted by Crippen LogP contribution is 2.21. The van der Waals surface area contributed by atoms with Crippen LogP contribution < -0.4 is 10.2 Å². The van der Waals surface area contributed by atoms with E-state index in [0.717, 1.165) is 36.7 Å². The summed E-state index contributed by atoms with van der Waals surface area (Å²) in [7, 11) is 0. The third kappa shape index (κ3) is 4.86. The Labute approximate surface area is 164 Å². The van der Waals surface area contributed by atoms with Gasteiger partial charge in [-0.15, -0.1) is 0 Å². The summed E-state index contributed by atoms with van der Waals surface area (Å²) in [6, 6.07) is 5.89. The summed E-state index contributed by atoms with van der Waals surface area (Å²) in [4.78, 5) is 29.6. The number of pyridine rings is 1. The summed E-state index contributed by atoms with van der Waals surface area (Å²) in [5.74, 6) is 2.46. The highest BCUT2D eigenvalue weighted by molar-refractivity contribution is 6.30. The highest BCUT2D eigenvalue weighted by atomic mass is 35.5. The predicted octanol–water partition coefficient (Wildman–Crippen LogP) is 2.55. The normalized spacial score (nSPS) is 14.3. The highest BCUT2D eigenvalue weighted by Gasteiger charge is 2.21. The van der Waals surface area contributed by atoms with Crippen LogP contribution >= 0.6 is 11.6 Å². The van der Waals surface area contributed by atoms with E-state index in [-0.39, 0.29) is 5.91 Å². The first-order chi connectivity index (χ1) is 13.1. The number of nitrogens with zero attached hydrogens (tertiary/aromatic N) is 5. The molecule has 0 saturated carbocycles. The molecule has 8 heteroatoms. The number of aryl methyl sites for hydroxylation is 1. The summed E-state index contributed by atoms with van der Waals surface area (Å²) in [5, 5.41) is 3.72. The van der Waals surface area contributed by atoms with E-state index in [2.05, 4.69) is 25.2 Å². The van der Waals surface area contributed by atoms with Crippen molar-refractivity contribution in [1.29, 1.82) is 0 Å². The monoisotopic (exact) mass is 388 g/mol. The molecule has 1 aliphatic heterocycles. The maximum Gasteiger partial charge on any atom is 0.224 e. The van der Waals surface area contributed by atoms with Gasteiger partial charge in [0.2, 0.25) is 5.91 Å². The van der Waals surface area contributed by atoms with Gasteiger partial charge in [-0.1, -0.05) is 24.6 Å². The molecule has 3 heterocycles. The standard InChI is InChI=1S/C19H25ClN6O/c1-3-15-18(20)23-14(2)24-19(15)22-9-7-17(27)26-12-10-25(11-13-26)16-6-4-5-8-21-16/h4-6,8H,3,7,9-13H2,1-2H3,(H,22,23,24). The molecule has 1 amide bonds. The number of hydrogen-bond acceptors (Lipinski definition) is 6. The number of amides is 1. The van der Waals surface area contributed by atoms with Gasteiger partial charge in [-0.2, -0.15) is 0 Å². The molecular weight excluding hydrogens is 364 g/mol. The largest absolute Gasteiger partial charge is 0.369 e. The van der Waals surface area contributed by atoms with Crippen molar-refractivity contribution < 1.29 is 4.79 Å². The summed E-state index contributed by atoms with van der Waals surface area (Å²) >= 11 is 6.19. The van der Waals surface area contributed by atoms with E-state index in [1.54, 1.807) is 6.20 Å². The molecular formula is C19H25ClN6O. The third-order valence-corrected chi connectivity index (χ3v) is 4.97. The van der Waals surface area contributed by atoms with E-state index in [1.165, 1.54) is 0 Å². The van der Waals surface area contributed by atoms with Crippen molar-refractivity contribution >= 4 is 29.1 Å². The maximum atomic E-state index is 12.5. The van der Waals surface area contributed by atoms with Crippen molar-refractivity contribution in [2.75, 3.05) is 42.9 Å². The molecule has 1 fully saturated rings. The second kappa shape index (κ2) is 8.99. The van der Waals surface area contributed by atoms with E-state index in [4.69, 9.17) is 11.6 Å². The first kappa shape index (κ1) is 19.4. The van der Waals surface area contributed by atoms with Gasteiger partial charge in [0, 0.05) is 50.9 Å². The van der Waals surface area contributed by atoms with E-state index in [9.17, 15) is 4.79 Å². The second-order valence-corrected chi connectivity index (χ2v) is 6.83. The smallest absolute Gasteiger partial charge is 0.224 e. The second-order valence-electron chi connectivity index (χ2n) is 6.47. The van der Waals surface area contributed by atoms with Crippen molar-refractivity contribution in [1.82, 2.24) is 19.9 Å². The lowest BCUT2D eigenvalue weighted by Crippen LogP contribution is -2.49. The topological polar surface area (TPSA) is 74.2 Å². The Balaban J connectivity index is 1.48. The number of rotatable bonds is 6. The Kier molecular flexibility index (Phi) is 6.45. The number of carbonyl (C=O) groups excluding carboxylic acids is 1. The minimum atomic E-state index is 0.151. The van der Waals surface area contributed by atoms with Gasteiger partial charge in [0.25, 0.3) is 0 Å². The SMILES string of the molecule is CCc1c(Cl)nc(C)nc1NCCC(=O)N1CCN(c2ccccn2)CC1. The molecule has 0 spiro atoms. The van der Waals surface area contributed by atoms with Crippen LogP contribution in [-0.4, -0.2) is 58.5 Å². The zero-order valence-corrected chi connectivity index (χ0v) is 16.5. The maximum absolute atomic E-state index is 12.5. The molecule has 2 aromatic rings. The van der Waals surface area contributed by atoms with Crippen molar-refractivity contribution in [2.24, 2.45) is 0 Å². The van der Waals surface area contributed by atoms with Crippen LogP contribution in [0, 0.1) is 6.92 Å². The lowest BCUT2D eigenvalue weighted by Gasteiger charge is -2.35. The number of piperazine rings is 1. The molecule has 0 atom stereocenters. The number of nitrogens with one attached hydrogen (secondary N) is 1. The fourth-order valence-corrected chi connectivity index (χ4v) is 3.54. The Morgan fingerprint density at radius 1 is 1.22 bits per heavy atom. The molecule has 0 aromatic carbocycles. The number of hydrogen-bond donors (Lipinski definition) is 1. The van der Waals surface area contributed by atoms with E-state index in [0.29, 0.717) is 37.0 Å². The molecule has 0 unspecified atom stereocenters. The van der Waals surface area contributed by atoms with Crippen LogP contribution in [-0.2, 0) is 11.2 Å². The van der Waals surface area contributed by atoms with Crippen molar-refractivity contribution in [3.05, 3.63) is 40.9 Å². The van der Waals surface area contributed by atoms with Crippen LogP contribution in [0.3, 0.4) is 0 Å². The predicted molar refractivity (Wildman–Crippen MR) is 107 cm³/mol. The lowest BCUT2D eigenvalue weighted by molar-refractivity contribution is -0.131. The van der Waals surface area contributed by atoms with Gasteiger partial charge in [-0.05, 0) is 25.5 Å². The molecule has 2 aromatic heterocycles. The summed E-state index contributed by atoms with van der Waals surface area (Å²) in [5.41, 5.74) is 0.888. The minimum absolute atomic E-state index is 0.151. The van der Waals surface area contributed by atoms with Crippen molar-refractivity contribution in [3.8, 4) is 0 Å². The first-order valence-corrected chi connectivity index (χ1v) is 9.67. The number of aromatic nitrogens is 3. The van der Waals surface area contributed by atoms with Crippen LogP contribution in [0.5, 0.6) is 0 Å². The number of anilines is 2. The molecule has 144 valence electrons. The molecule has 27 heavy (non-hydrogen) atoms. The van der Waals surface area contributed by atoms with Gasteiger partial charge in [-0.25, -0.2) is 15.0 Å². The Hall–Kier alpha value is -2.41. The number of carbonyl (C=O) groups is 1. The third-order valence-electron chi connectivity index (χ3n) is 4.66. The average Bonchev–Trinajstić information content (AvgIpc) is 2.68. The quantitative estimate of drug-likeness (QED) is 0.766. The van der Waals surface area contributed by atoms with Crippen molar-refractivity contribution in [3.63, 3.8) is 0 Å². The number of halogens is 1. The summed E-state index contributed by atoms with van der Waals surface area (Å²) < 4.78 is 0. The first-order valence-electron chi connectivity index (χ1n) is 9.29. The fraction of sp³-hybridized carbons (Fsp3) is 0.474. The summed E-state index contributed by atoms with van der Waals surface area (Å²) in [6.45, 7) is 7.38. The zero-order valence-electron chi connectivity index (χ0n) is 15.8. The molecule has 0 bridgehead atoms. The molecule has 1 saturated heterocycles. The molecule has 1 N–H and O–H groups in total. The Morgan fingerprint density at radius 3 is 2.67 bits per heavy atom. The average molecular weight is 389 g/mol. The van der Waals surface area contributed by atoms with Gasteiger partial charge >= 0.3 is 0 Å². The van der Waals surface area contributed by atoms with Gasteiger partial charge in [0.05, 0.1) is 0 Å². The van der Waals surface area contributed by atoms with Gasteiger partial charge in [0.15, 0.2) is 0 Å². The van der Waals surface area contributed by atoms with E-state index < -0.39 is 0 Å². The molecule has 1 aliphatic rings. The summed E-state index contributed by atoms with van der Waals surface area (Å²) in [6.07, 6.45) is 2.96. The molecule has 0 aliphatic carbocycles. The van der Waals surface area contributed by atoms with Crippen LogP contribution in [0.1, 0.15) is 24.7 Å². The molecule has 0 radical (unpaired) electrons. The van der Waals surface area contributed by atoms with Gasteiger partial charge in [-0.3, -0.25) is 4.79 Å². The van der Waals surface area contributed by atoms with Crippen LogP contribution in [0.25, 0.3) is 0 Å². The Morgan fingerprint density at radius 2 is 2.00 bits per heavy atom. The van der Waals surface area contributed by atoms with Crippen LogP contribution in [0.2, 0.25) is 5.15 Å². The Bertz CT molecular complexity index is 777. The fourth-order valence-electron chi connectivity index (χ4n) is 3.19. The van der Waals surface area contributed by atoms with Gasteiger partial charge in [0.1, 0.15) is 22.6 Å². The zero-order chi connectivity index (χ0) is 19.2. The molecule has 7 nitrogen and oxygen atoms in total. The van der Waals surface area contributed by atoms with Crippen LogP contribution in [0.15, 0.2) is 24.4 Å². The minimum Gasteiger partial charge on any atom is -0.369 e. The molecule has 3 rings (SSSR count). The lowest BCUT2D eigenvalue weighted by atomic mass is 10.2.